The zero-order valence-corrected chi connectivity index (χ0v) is 26.3. The number of hydrogen-bond acceptors (Lipinski definition) is 7. The van der Waals surface area contributed by atoms with Crippen molar-refractivity contribution in [2.75, 3.05) is 26.3 Å². The summed E-state index contributed by atoms with van der Waals surface area (Å²) in [7, 11) is 0. The molecule has 44 heavy (non-hydrogen) atoms. The van der Waals surface area contributed by atoms with Crippen molar-refractivity contribution in [3.63, 3.8) is 0 Å². The van der Waals surface area contributed by atoms with Crippen LogP contribution in [0.15, 0.2) is 54.6 Å². The molecule has 5 bridgehead atoms. The third kappa shape index (κ3) is 5.94. The molecule has 2 saturated heterocycles. The van der Waals surface area contributed by atoms with Crippen molar-refractivity contribution in [3.05, 3.63) is 60.2 Å². The van der Waals surface area contributed by atoms with Gasteiger partial charge in [0.05, 0.1) is 30.6 Å². The first-order valence-electron chi connectivity index (χ1n) is 15.5. The monoisotopic (exact) mass is 607 g/mol. The molecule has 238 valence electrons. The zero-order chi connectivity index (χ0) is 31.9. The largest absolute Gasteiger partial charge is 0.463 e. The molecule has 0 aromatic heterocycles. The van der Waals surface area contributed by atoms with Crippen LogP contribution >= 0.6 is 0 Å². The first kappa shape index (κ1) is 31.9. The second-order valence-electron chi connectivity index (χ2n) is 14.1. The average molecular weight is 608 g/mol. The Morgan fingerprint density at radius 1 is 1.02 bits per heavy atom. The number of cyclic esters (lactones) is 1. The molecule has 4 aliphatic rings. The standard InChI is InChI=1S/C34H45N3O7/c1-32(2,3)21-33(4,5)37-17-11-7-10-14-25(39)43-20-23(22-12-8-6-9-13-22)35-29(40)26-24-15-16-34(44-24)27(26)30(41)36(18-19-38)28(34)31(37)42/h6-9,11-13,15-16,23-24,26-28,38H,10,14,17-21H2,1-5H3,(H,35,40)/b11-7-/t23-,24-,26+,27+,28-,34+/m1/s1. The highest BCUT2D eigenvalue weighted by atomic mass is 16.5. The number of allylic oxidation sites excluding steroid dienone is 1. The fraction of sp³-hybridized carbons (Fsp3) is 0.588. The number of aliphatic hydroxyl groups is 1. The number of carbonyl (C=O) groups is 4. The molecule has 10 heteroatoms. The fourth-order valence-corrected chi connectivity index (χ4v) is 7.69. The number of benzene rings is 1. The van der Waals surface area contributed by atoms with Crippen LogP contribution in [0.2, 0.25) is 0 Å². The molecule has 5 rings (SSSR count). The third-order valence-corrected chi connectivity index (χ3v) is 9.11. The summed E-state index contributed by atoms with van der Waals surface area (Å²) in [5, 5.41) is 13.0. The van der Waals surface area contributed by atoms with Crippen molar-refractivity contribution >= 4 is 23.7 Å². The van der Waals surface area contributed by atoms with Gasteiger partial charge in [-0.1, -0.05) is 75.4 Å². The van der Waals surface area contributed by atoms with Gasteiger partial charge in [-0.25, -0.2) is 0 Å². The van der Waals surface area contributed by atoms with E-state index in [4.69, 9.17) is 9.47 Å². The lowest BCUT2D eigenvalue weighted by molar-refractivity contribution is -0.152. The summed E-state index contributed by atoms with van der Waals surface area (Å²) in [4.78, 5) is 58.8. The number of esters is 1. The Labute approximate surface area is 259 Å². The van der Waals surface area contributed by atoms with Crippen LogP contribution in [-0.4, -0.2) is 88.2 Å². The summed E-state index contributed by atoms with van der Waals surface area (Å²) in [6, 6.07) is 7.52. The van der Waals surface area contributed by atoms with Crippen LogP contribution in [0.1, 0.15) is 65.5 Å². The molecule has 0 saturated carbocycles. The molecule has 0 aliphatic carbocycles. The van der Waals surface area contributed by atoms with Gasteiger partial charge in [0.15, 0.2) is 0 Å². The van der Waals surface area contributed by atoms with Crippen LogP contribution in [0.25, 0.3) is 0 Å². The summed E-state index contributed by atoms with van der Waals surface area (Å²) >= 11 is 0. The molecule has 1 aromatic carbocycles. The maximum Gasteiger partial charge on any atom is 0.306 e. The number of rotatable bonds is 5. The van der Waals surface area contributed by atoms with Crippen LogP contribution < -0.4 is 5.32 Å². The van der Waals surface area contributed by atoms with Crippen molar-refractivity contribution in [2.24, 2.45) is 17.3 Å². The Balaban J connectivity index is 1.58. The van der Waals surface area contributed by atoms with Crippen LogP contribution in [0.4, 0.5) is 0 Å². The average Bonchev–Trinajstić information content (AvgIpc) is 3.59. The normalized spacial score (nSPS) is 32.1. The molecule has 1 aromatic rings. The molecule has 3 amide bonds. The molecule has 1 spiro atoms. The third-order valence-electron chi connectivity index (χ3n) is 9.11. The number of amides is 3. The number of ether oxygens (including phenoxy) is 2. The summed E-state index contributed by atoms with van der Waals surface area (Å²) in [6.07, 6.45) is 7.83. The topological polar surface area (TPSA) is 125 Å². The van der Waals surface area contributed by atoms with E-state index < -0.39 is 58.9 Å². The van der Waals surface area contributed by atoms with Crippen molar-refractivity contribution in [2.45, 2.75) is 83.2 Å². The van der Waals surface area contributed by atoms with Gasteiger partial charge in [0.1, 0.15) is 18.2 Å². The smallest absolute Gasteiger partial charge is 0.306 e. The number of nitrogens with one attached hydrogen (secondary N) is 1. The van der Waals surface area contributed by atoms with E-state index in [1.165, 1.54) is 4.90 Å². The Hall–Kier alpha value is -3.50. The van der Waals surface area contributed by atoms with Crippen LogP contribution in [0.3, 0.4) is 0 Å². The number of aliphatic hydroxyl groups excluding tert-OH is 1. The lowest BCUT2D eigenvalue weighted by atomic mass is 9.73. The molecule has 2 fully saturated rings. The van der Waals surface area contributed by atoms with Crippen LogP contribution in [-0.2, 0) is 28.7 Å². The van der Waals surface area contributed by atoms with Crippen molar-refractivity contribution in [3.8, 4) is 0 Å². The minimum Gasteiger partial charge on any atom is -0.463 e. The Morgan fingerprint density at radius 2 is 1.75 bits per heavy atom. The molecule has 0 radical (unpaired) electrons. The van der Waals surface area contributed by atoms with Gasteiger partial charge in [-0.05, 0) is 37.7 Å². The molecular weight excluding hydrogens is 562 g/mol. The highest BCUT2D eigenvalue weighted by Gasteiger charge is 2.73. The van der Waals surface area contributed by atoms with Crippen molar-refractivity contribution in [1.29, 1.82) is 0 Å². The SMILES string of the molecule is CC(C)(C)CC(C)(C)N1C/C=C\CCC(=O)OC[C@H](c2ccccc2)NC(=O)[C@@H]2[C@H]3C(=O)N(CCO)[C@H](C1=O)[C@]31C=C[C@H]2O1. The Morgan fingerprint density at radius 3 is 2.43 bits per heavy atom. The van der Waals surface area contributed by atoms with E-state index >= 15 is 0 Å². The predicted octanol–water partition coefficient (Wildman–Crippen LogP) is 2.92. The zero-order valence-electron chi connectivity index (χ0n) is 26.3. The number of likely N-dealkylation sites (tertiary alicyclic amines) is 1. The lowest BCUT2D eigenvalue weighted by Crippen LogP contribution is -2.61. The maximum atomic E-state index is 14.8. The van der Waals surface area contributed by atoms with Gasteiger partial charge >= 0.3 is 5.97 Å². The number of fused-ring (bicyclic) bond motifs is 2. The minimum atomic E-state index is -1.35. The highest BCUT2D eigenvalue weighted by molar-refractivity contribution is 6.00. The van der Waals surface area contributed by atoms with Crippen LogP contribution in [0, 0.1) is 17.3 Å². The first-order valence-corrected chi connectivity index (χ1v) is 15.5. The molecule has 4 aliphatic heterocycles. The van der Waals surface area contributed by atoms with Crippen LogP contribution in [0.5, 0.6) is 0 Å². The second-order valence-corrected chi connectivity index (χ2v) is 14.1. The Bertz CT molecular complexity index is 1330. The quantitative estimate of drug-likeness (QED) is 0.390. The van der Waals surface area contributed by atoms with Gasteiger partial charge in [-0.2, -0.15) is 0 Å². The summed E-state index contributed by atoms with van der Waals surface area (Å²) in [5.74, 6) is -3.36. The van der Waals surface area contributed by atoms with Gasteiger partial charge in [0.25, 0.3) is 0 Å². The summed E-state index contributed by atoms with van der Waals surface area (Å²) in [6.45, 7) is 10.1. The van der Waals surface area contributed by atoms with E-state index in [1.807, 2.05) is 56.3 Å². The molecular formula is C34H45N3O7. The highest BCUT2D eigenvalue weighted by Crippen LogP contribution is 2.55. The Kier molecular flexibility index (Phi) is 8.79. The molecule has 4 heterocycles. The van der Waals surface area contributed by atoms with Gasteiger partial charge in [-0.3, -0.25) is 19.2 Å². The first-order chi connectivity index (χ1) is 20.8. The van der Waals surface area contributed by atoms with Gasteiger partial charge in [-0.15, -0.1) is 0 Å². The number of β-amino-alcohol motifs (C(OH)–C–C–N with tert-alkyl or cyclic N) is 1. The van der Waals surface area contributed by atoms with E-state index in [0.29, 0.717) is 12.8 Å². The molecule has 0 unspecified atom stereocenters. The lowest BCUT2D eigenvalue weighted by Gasteiger charge is -2.45. The number of hydrogen-bond donors (Lipinski definition) is 2. The van der Waals surface area contributed by atoms with E-state index in [-0.39, 0.29) is 44.0 Å². The predicted molar refractivity (Wildman–Crippen MR) is 163 cm³/mol. The van der Waals surface area contributed by atoms with E-state index in [1.54, 1.807) is 17.1 Å². The van der Waals surface area contributed by atoms with Crippen molar-refractivity contribution in [1.82, 2.24) is 15.1 Å². The van der Waals surface area contributed by atoms with E-state index in [2.05, 4.69) is 26.1 Å². The van der Waals surface area contributed by atoms with Gasteiger partial charge in [0.2, 0.25) is 17.7 Å². The van der Waals surface area contributed by atoms with E-state index in [9.17, 15) is 24.3 Å². The van der Waals surface area contributed by atoms with Crippen molar-refractivity contribution < 1.29 is 33.8 Å². The van der Waals surface area contributed by atoms with E-state index in [0.717, 1.165) is 5.56 Å². The molecule has 6 atom stereocenters. The van der Waals surface area contributed by atoms with Gasteiger partial charge < -0.3 is 29.7 Å². The molecule has 10 nitrogen and oxygen atoms in total. The summed E-state index contributed by atoms with van der Waals surface area (Å²) in [5.41, 5.74) is -1.32. The number of carbonyl (C=O) groups excluding carboxylic acids is 4. The van der Waals surface area contributed by atoms with Gasteiger partial charge in [0, 0.05) is 25.0 Å². The maximum absolute atomic E-state index is 14.8. The summed E-state index contributed by atoms with van der Waals surface area (Å²) < 4.78 is 12.1. The minimum absolute atomic E-state index is 0.0599. The second kappa shape index (κ2) is 12.1. The number of nitrogens with zero attached hydrogens (tertiary/aromatic N) is 2. The fourth-order valence-electron chi connectivity index (χ4n) is 7.69. The molecule has 2 N–H and O–H groups in total.